The van der Waals surface area contributed by atoms with Gasteiger partial charge in [0.2, 0.25) is 0 Å². The van der Waals surface area contributed by atoms with Crippen LogP contribution in [0.2, 0.25) is 0 Å². The molecule has 94 valence electrons. The molecule has 16 heavy (non-hydrogen) atoms. The summed E-state index contributed by atoms with van der Waals surface area (Å²) in [6, 6.07) is 0. The van der Waals surface area contributed by atoms with Gasteiger partial charge in [-0.15, -0.1) is 0 Å². The van der Waals surface area contributed by atoms with E-state index in [4.69, 9.17) is 18.9 Å². The Morgan fingerprint density at radius 1 is 1.25 bits per heavy atom. The van der Waals surface area contributed by atoms with Gasteiger partial charge in [0.1, 0.15) is 0 Å². The van der Waals surface area contributed by atoms with E-state index in [1.165, 1.54) is 0 Å². The maximum absolute atomic E-state index is 6.00. The van der Waals surface area contributed by atoms with Crippen molar-refractivity contribution in [1.29, 1.82) is 0 Å². The topological polar surface area (TPSA) is 36.9 Å². The summed E-state index contributed by atoms with van der Waals surface area (Å²) in [5, 5.41) is 0. The molecule has 0 saturated carbocycles. The van der Waals surface area contributed by atoms with Gasteiger partial charge in [-0.05, 0) is 0 Å². The number of ether oxygens (including phenoxy) is 4. The first-order chi connectivity index (χ1) is 7.58. The second kappa shape index (κ2) is 4.61. The Kier molecular flexibility index (Phi) is 3.54. The monoisotopic (exact) mass is 230 g/mol. The lowest BCUT2D eigenvalue weighted by atomic mass is 9.89. The molecule has 2 saturated heterocycles. The van der Waals surface area contributed by atoms with Gasteiger partial charge in [0.05, 0.1) is 39.0 Å². The highest BCUT2D eigenvalue weighted by Gasteiger charge is 2.48. The molecule has 1 unspecified atom stereocenters. The van der Waals surface area contributed by atoms with Crippen LogP contribution >= 0.6 is 0 Å². The fourth-order valence-electron chi connectivity index (χ4n) is 2.25. The van der Waals surface area contributed by atoms with Crippen molar-refractivity contribution >= 4 is 0 Å². The molecule has 0 N–H and O–H groups in total. The Labute approximate surface area is 97.2 Å². The van der Waals surface area contributed by atoms with Crippen LogP contribution in [0.15, 0.2) is 0 Å². The Morgan fingerprint density at radius 2 is 1.94 bits per heavy atom. The Bertz CT molecular complexity index is 227. The first kappa shape index (κ1) is 12.3. The van der Waals surface area contributed by atoms with E-state index in [0.29, 0.717) is 19.8 Å². The summed E-state index contributed by atoms with van der Waals surface area (Å²) in [7, 11) is 1.70. The van der Waals surface area contributed by atoms with Gasteiger partial charge in [-0.25, -0.2) is 0 Å². The molecule has 0 aliphatic carbocycles. The van der Waals surface area contributed by atoms with Crippen molar-refractivity contribution in [3.8, 4) is 0 Å². The van der Waals surface area contributed by atoms with Crippen LogP contribution in [-0.4, -0.2) is 45.9 Å². The molecule has 0 aromatic rings. The van der Waals surface area contributed by atoms with E-state index in [0.717, 1.165) is 19.6 Å². The average molecular weight is 230 g/mol. The first-order valence-corrected chi connectivity index (χ1v) is 5.93. The third-order valence-electron chi connectivity index (χ3n) is 3.32. The van der Waals surface area contributed by atoms with Crippen LogP contribution in [0.3, 0.4) is 0 Å². The van der Waals surface area contributed by atoms with Crippen LogP contribution in [-0.2, 0) is 18.9 Å². The molecular weight excluding hydrogens is 208 g/mol. The van der Waals surface area contributed by atoms with Crippen molar-refractivity contribution in [2.75, 3.05) is 40.1 Å². The summed E-state index contributed by atoms with van der Waals surface area (Å²) in [5.41, 5.74) is 0.112. The van der Waals surface area contributed by atoms with E-state index in [1.54, 1.807) is 7.11 Å². The van der Waals surface area contributed by atoms with Crippen molar-refractivity contribution in [2.24, 2.45) is 11.3 Å². The number of hydrogen-bond donors (Lipinski definition) is 0. The molecule has 2 aliphatic heterocycles. The molecular formula is C12H22O4. The van der Waals surface area contributed by atoms with Crippen molar-refractivity contribution in [1.82, 2.24) is 0 Å². The zero-order valence-electron chi connectivity index (χ0n) is 10.5. The molecule has 2 heterocycles. The van der Waals surface area contributed by atoms with E-state index in [1.807, 2.05) is 0 Å². The summed E-state index contributed by atoms with van der Waals surface area (Å²) in [6.45, 7) is 7.80. The van der Waals surface area contributed by atoms with Gasteiger partial charge in [-0.3, -0.25) is 0 Å². The van der Waals surface area contributed by atoms with Gasteiger partial charge in [0.25, 0.3) is 0 Å². The summed E-state index contributed by atoms with van der Waals surface area (Å²) >= 11 is 0. The van der Waals surface area contributed by atoms with Gasteiger partial charge < -0.3 is 18.9 Å². The lowest BCUT2D eigenvalue weighted by Gasteiger charge is -2.49. The summed E-state index contributed by atoms with van der Waals surface area (Å²) in [6.07, 6.45) is 0.803. The van der Waals surface area contributed by atoms with Crippen LogP contribution < -0.4 is 0 Å². The molecule has 0 aromatic heterocycles. The standard InChI is InChI=1S/C12H22O4/c1-11(2)8-15-12(16-9-11)4-5-14-7-10(12)6-13-3/h10H,4-9H2,1-3H3. The molecule has 2 fully saturated rings. The highest BCUT2D eigenvalue weighted by atomic mass is 16.7. The smallest absolute Gasteiger partial charge is 0.177 e. The maximum Gasteiger partial charge on any atom is 0.177 e. The van der Waals surface area contributed by atoms with Gasteiger partial charge >= 0.3 is 0 Å². The SMILES string of the molecule is COCC1COCCC12OCC(C)(C)CO2. The minimum Gasteiger partial charge on any atom is -0.384 e. The molecule has 2 rings (SSSR count). The largest absolute Gasteiger partial charge is 0.384 e. The predicted molar refractivity (Wildman–Crippen MR) is 59.2 cm³/mol. The molecule has 2 aliphatic rings. The first-order valence-electron chi connectivity index (χ1n) is 5.93. The third-order valence-corrected chi connectivity index (χ3v) is 3.32. The van der Waals surface area contributed by atoms with E-state index in [2.05, 4.69) is 13.8 Å². The summed E-state index contributed by atoms with van der Waals surface area (Å²) < 4.78 is 22.7. The van der Waals surface area contributed by atoms with Crippen LogP contribution in [0.25, 0.3) is 0 Å². The van der Waals surface area contributed by atoms with Crippen LogP contribution in [0.5, 0.6) is 0 Å². The summed E-state index contributed by atoms with van der Waals surface area (Å²) in [5.74, 6) is -0.286. The zero-order valence-corrected chi connectivity index (χ0v) is 10.5. The number of rotatable bonds is 2. The lowest BCUT2D eigenvalue weighted by molar-refractivity contribution is -0.348. The van der Waals surface area contributed by atoms with Crippen LogP contribution in [0.1, 0.15) is 20.3 Å². The van der Waals surface area contributed by atoms with Gasteiger partial charge in [-0.2, -0.15) is 0 Å². The van der Waals surface area contributed by atoms with E-state index in [9.17, 15) is 0 Å². The van der Waals surface area contributed by atoms with Crippen molar-refractivity contribution < 1.29 is 18.9 Å². The predicted octanol–water partition coefficient (Wildman–Crippen LogP) is 1.44. The van der Waals surface area contributed by atoms with Gasteiger partial charge in [-0.1, -0.05) is 13.8 Å². The number of methoxy groups -OCH3 is 1. The van der Waals surface area contributed by atoms with Crippen molar-refractivity contribution in [2.45, 2.75) is 26.1 Å². The molecule has 0 bridgehead atoms. The highest BCUT2D eigenvalue weighted by Crippen LogP contribution is 2.38. The van der Waals surface area contributed by atoms with E-state index < -0.39 is 5.79 Å². The van der Waals surface area contributed by atoms with Crippen LogP contribution in [0, 0.1) is 11.3 Å². The highest BCUT2D eigenvalue weighted by molar-refractivity contribution is 4.88. The minimum absolute atomic E-state index is 0.112. The normalized spacial score (nSPS) is 32.8. The fourth-order valence-corrected chi connectivity index (χ4v) is 2.25. The molecule has 0 aromatic carbocycles. The van der Waals surface area contributed by atoms with Crippen molar-refractivity contribution in [3.63, 3.8) is 0 Å². The maximum atomic E-state index is 6.00. The molecule has 0 radical (unpaired) electrons. The quantitative estimate of drug-likeness (QED) is 0.719. The van der Waals surface area contributed by atoms with Gasteiger partial charge in [0, 0.05) is 18.9 Å². The lowest BCUT2D eigenvalue weighted by Crippen LogP contribution is -2.57. The second-order valence-corrected chi connectivity index (χ2v) is 5.53. The molecule has 1 spiro atoms. The zero-order chi connectivity index (χ0) is 11.6. The molecule has 1 atom stereocenters. The van der Waals surface area contributed by atoms with Crippen molar-refractivity contribution in [3.05, 3.63) is 0 Å². The molecule has 4 nitrogen and oxygen atoms in total. The Morgan fingerprint density at radius 3 is 2.56 bits per heavy atom. The Hall–Kier alpha value is -0.160. The van der Waals surface area contributed by atoms with Gasteiger partial charge in [0.15, 0.2) is 5.79 Å². The van der Waals surface area contributed by atoms with E-state index >= 15 is 0 Å². The number of hydrogen-bond acceptors (Lipinski definition) is 4. The fraction of sp³-hybridized carbons (Fsp3) is 1.00. The Balaban J connectivity index is 2.04. The van der Waals surface area contributed by atoms with Crippen LogP contribution in [0.4, 0.5) is 0 Å². The minimum atomic E-state index is -0.468. The molecule has 4 heteroatoms. The molecule has 0 amide bonds. The van der Waals surface area contributed by atoms with E-state index in [-0.39, 0.29) is 11.3 Å². The average Bonchev–Trinajstić information content (AvgIpc) is 2.26. The second-order valence-electron chi connectivity index (χ2n) is 5.53. The third kappa shape index (κ3) is 2.40. The summed E-state index contributed by atoms with van der Waals surface area (Å²) in [4.78, 5) is 0.